The highest BCUT2D eigenvalue weighted by atomic mass is 32.2. The third kappa shape index (κ3) is 4.42. The molecule has 21 heavy (non-hydrogen) atoms. The maximum absolute atomic E-state index is 12.2. The maximum atomic E-state index is 12.2. The molecule has 0 radical (unpaired) electrons. The second-order valence-electron chi connectivity index (χ2n) is 4.98. The molecule has 0 spiro atoms. The number of rotatable bonds is 6. The molecule has 0 saturated carbocycles. The molecule has 0 aliphatic carbocycles. The van der Waals surface area contributed by atoms with Gasteiger partial charge in [-0.15, -0.1) is 0 Å². The molecule has 0 aliphatic heterocycles. The minimum atomic E-state index is -3.86. The number of primary sulfonamides is 1. The monoisotopic (exact) mass is 315 g/mol. The summed E-state index contributed by atoms with van der Waals surface area (Å²) in [5.41, 5.74) is 5.83. The van der Waals surface area contributed by atoms with E-state index in [1.54, 1.807) is 0 Å². The fourth-order valence-electron chi connectivity index (χ4n) is 1.87. The van der Waals surface area contributed by atoms with Crippen molar-refractivity contribution in [1.29, 1.82) is 0 Å². The van der Waals surface area contributed by atoms with Crippen LogP contribution in [0.4, 0.5) is 5.69 Å². The van der Waals surface area contributed by atoms with Gasteiger partial charge in [0, 0.05) is 6.54 Å². The summed E-state index contributed by atoms with van der Waals surface area (Å²) in [5, 5.41) is 7.72. The summed E-state index contributed by atoms with van der Waals surface area (Å²) < 4.78 is 27.9. The van der Waals surface area contributed by atoms with Gasteiger partial charge in [-0.25, -0.2) is 13.6 Å². The predicted octanol–water partition coefficient (Wildman–Crippen LogP) is 0.512. The van der Waals surface area contributed by atoms with E-state index >= 15 is 0 Å². The van der Waals surface area contributed by atoms with Crippen LogP contribution < -0.4 is 20.9 Å². The molecule has 1 aromatic carbocycles. The quantitative estimate of drug-likeness (QED) is 0.705. The lowest BCUT2D eigenvalue weighted by Gasteiger charge is -2.19. The first-order valence-corrected chi connectivity index (χ1v) is 7.97. The van der Waals surface area contributed by atoms with Crippen LogP contribution in [0.15, 0.2) is 23.1 Å². The number of carbonyl (C=O) groups excluding carboxylic acids is 1. The Kier molecular flexibility index (Phi) is 5.70. The molecular formula is C13H21N3O4S. The van der Waals surface area contributed by atoms with Crippen LogP contribution in [0.5, 0.6) is 5.75 Å². The van der Waals surface area contributed by atoms with E-state index < -0.39 is 10.0 Å². The molecule has 1 atom stereocenters. The Morgan fingerprint density at radius 2 is 2.00 bits per heavy atom. The zero-order valence-corrected chi connectivity index (χ0v) is 13.1. The van der Waals surface area contributed by atoms with Crippen molar-refractivity contribution in [3.05, 3.63) is 18.2 Å². The Hall–Kier alpha value is -1.64. The van der Waals surface area contributed by atoms with E-state index in [9.17, 15) is 13.2 Å². The summed E-state index contributed by atoms with van der Waals surface area (Å²) in [6.07, 6.45) is 0. The Labute approximate surface area is 124 Å². The number of anilines is 1. The molecule has 1 unspecified atom stereocenters. The molecule has 0 aromatic heterocycles. The number of methoxy groups -OCH3 is 1. The molecule has 0 heterocycles. The van der Waals surface area contributed by atoms with Crippen molar-refractivity contribution in [2.45, 2.75) is 18.7 Å². The van der Waals surface area contributed by atoms with Crippen LogP contribution in [-0.4, -0.2) is 28.0 Å². The summed E-state index contributed by atoms with van der Waals surface area (Å²) in [6.45, 7) is 3.96. The number of nitrogens with two attached hydrogens (primary N) is 2. The number of hydrogen-bond acceptors (Lipinski definition) is 5. The van der Waals surface area contributed by atoms with E-state index in [-0.39, 0.29) is 34.9 Å². The fourth-order valence-corrected chi connectivity index (χ4v) is 2.41. The van der Waals surface area contributed by atoms with Gasteiger partial charge in [0.15, 0.2) is 0 Å². The summed E-state index contributed by atoms with van der Waals surface area (Å²) in [5.74, 6) is -0.275. The van der Waals surface area contributed by atoms with E-state index in [1.807, 2.05) is 13.8 Å². The minimum absolute atomic E-state index is 0.0578. The Morgan fingerprint density at radius 3 is 2.43 bits per heavy atom. The van der Waals surface area contributed by atoms with E-state index in [4.69, 9.17) is 15.6 Å². The summed E-state index contributed by atoms with van der Waals surface area (Å²) in [7, 11) is -2.44. The number of carbonyl (C=O) groups is 1. The van der Waals surface area contributed by atoms with E-state index in [0.29, 0.717) is 5.75 Å². The Balaban J connectivity index is 3.14. The molecule has 1 amide bonds. The molecule has 118 valence electrons. The average Bonchev–Trinajstić information content (AvgIpc) is 2.37. The van der Waals surface area contributed by atoms with Crippen molar-refractivity contribution in [2.75, 3.05) is 19.0 Å². The van der Waals surface area contributed by atoms with E-state index in [2.05, 4.69) is 5.32 Å². The van der Waals surface area contributed by atoms with Crippen LogP contribution in [0.2, 0.25) is 0 Å². The lowest BCUT2D eigenvalue weighted by Crippen LogP contribution is -2.33. The van der Waals surface area contributed by atoms with Crippen molar-refractivity contribution in [3.63, 3.8) is 0 Å². The number of benzene rings is 1. The van der Waals surface area contributed by atoms with Gasteiger partial charge in [0.1, 0.15) is 5.75 Å². The van der Waals surface area contributed by atoms with Gasteiger partial charge >= 0.3 is 0 Å². The second kappa shape index (κ2) is 6.88. The van der Waals surface area contributed by atoms with Gasteiger partial charge in [-0.1, -0.05) is 13.8 Å². The van der Waals surface area contributed by atoms with Crippen molar-refractivity contribution in [1.82, 2.24) is 0 Å². The smallest absolute Gasteiger partial charge is 0.238 e. The standard InChI is InChI=1S/C13H21N3O4S/c1-8(2)10(7-14)13(17)16-11-6-9(21(15,18)19)4-5-12(11)20-3/h4-6,8,10H,7,14H2,1-3H3,(H,16,17)(H2,15,18,19). The highest BCUT2D eigenvalue weighted by Crippen LogP contribution is 2.28. The Morgan fingerprint density at radius 1 is 1.38 bits per heavy atom. The van der Waals surface area contributed by atoms with Crippen LogP contribution in [0, 0.1) is 11.8 Å². The zero-order chi connectivity index (χ0) is 16.2. The van der Waals surface area contributed by atoms with Crippen LogP contribution in [0.25, 0.3) is 0 Å². The average molecular weight is 315 g/mol. The second-order valence-corrected chi connectivity index (χ2v) is 6.54. The van der Waals surface area contributed by atoms with Crippen LogP contribution >= 0.6 is 0 Å². The van der Waals surface area contributed by atoms with Gasteiger partial charge in [0.2, 0.25) is 15.9 Å². The number of nitrogens with one attached hydrogen (secondary N) is 1. The number of amides is 1. The largest absolute Gasteiger partial charge is 0.495 e. The van der Waals surface area contributed by atoms with Crippen molar-refractivity contribution in [3.8, 4) is 5.75 Å². The zero-order valence-electron chi connectivity index (χ0n) is 12.3. The highest BCUT2D eigenvalue weighted by Gasteiger charge is 2.22. The van der Waals surface area contributed by atoms with Crippen LogP contribution in [0.3, 0.4) is 0 Å². The number of sulfonamides is 1. The van der Waals surface area contributed by atoms with Crippen molar-refractivity contribution < 1.29 is 17.9 Å². The third-order valence-electron chi connectivity index (χ3n) is 3.15. The highest BCUT2D eigenvalue weighted by molar-refractivity contribution is 7.89. The molecule has 0 aliphatic rings. The predicted molar refractivity (Wildman–Crippen MR) is 80.4 cm³/mol. The molecule has 1 aromatic rings. The van der Waals surface area contributed by atoms with Gasteiger partial charge in [-0.05, 0) is 24.1 Å². The minimum Gasteiger partial charge on any atom is -0.495 e. The lowest BCUT2D eigenvalue weighted by atomic mass is 9.95. The van der Waals surface area contributed by atoms with Gasteiger partial charge in [0.05, 0.1) is 23.6 Å². The molecule has 7 nitrogen and oxygen atoms in total. The Bertz CT molecular complexity index is 614. The van der Waals surface area contributed by atoms with Gasteiger partial charge in [0.25, 0.3) is 0 Å². The maximum Gasteiger partial charge on any atom is 0.238 e. The lowest BCUT2D eigenvalue weighted by molar-refractivity contribution is -0.120. The number of ether oxygens (including phenoxy) is 1. The molecule has 0 bridgehead atoms. The van der Waals surface area contributed by atoms with Crippen LogP contribution in [-0.2, 0) is 14.8 Å². The van der Waals surface area contributed by atoms with Gasteiger partial charge in [-0.3, -0.25) is 4.79 Å². The van der Waals surface area contributed by atoms with Gasteiger partial charge < -0.3 is 15.8 Å². The topological polar surface area (TPSA) is 125 Å². The van der Waals surface area contributed by atoms with E-state index in [0.717, 1.165) is 0 Å². The van der Waals surface area contributed by atoms with Crippen LogP contribution in [0.1, 0.15) is 13.8 Å². The summed E-state index contributed by atoms with van der Waals surface area (Å²) in [4.78, 5) is 12.1. The number of hydrogen-bond donors (Lipinski definition) is 3. The first-order chi connectivity index (χ1) is 9.70. The van der Waals surface area contributed by atoms with Crippen molar-refractivity contribution in [2.24, 2.45) is 22.7 Å². The molecule has 8 heteroatoms. The van der Waals surface area contributed by atoms with Crippen molar-refractivity contribution >= 4 is 21.6 Å². The molecule has 1 rings (SSSR count). The molecular weight excluding hydrogens is 294 g/mol. The first-order valence-electron chi connectivity index (χ1n) is 6.42. The molecule has 0 fully saturated rings. The summed E-state index contributed by atoms with van der Waals surface area (Å²) >= 11 is 0. The van der Waals surface area contributed by atoms with Gasteiger partial charge in [-0.2, -0.15) is 0 Å². The first kappa shape index (κ1) is 17.4. The van der Waals surface area contributed by atoms with E-state index in [1.165, 1.54) is 25.3 Å². The normalized spacial score (nSPS) is 13.0. The summed E-state index contributed by atoms with van der Waals surface area (Å²) in [6, 6.07) is 4.01. The SMILES string of the molecule is COc1ccc(S(N)(=O)=O)cc1NC(=O)C(CN)C(C)C. The third-order valence-corrected chi connectivity index (χ3v) is 4.06. The fraction of sp³-hybridized carbons (Fsp3) is 0.462. The molecule has 0 saturated heterocycles. The molecule has 5 N–H and O–H groups in total.